The van der Waals surface area contributed by atoms with Gasteiger partial charge in [0.15, 0.2) is 0 Å². The van der Waals surface area contributed by atoms with E-state index in [2.05, 4.69) is 28.9 Å². The van der Waals surface area contributed by atoms with Gasteiger partial charge in [-0.05, 0) is 36.6 Å². The number of rotatable bonds is 7. The second-order valence-corrected chi connectivity index (χ2v) is 7.58. The van der Waals surface area contributed by atoms with Crippen molar-refractivity contribution in [2.75, 3.05) is 33.3 Å². The molecule has 1 aliphatic rings. The van der Waals surface area contributed by atoms with Crippen molar-refractivity contribution in [3.8, 4) is 17.1 Å². The van der Waals surface area contributed by atoms with Gasteiger partial charge in [-0.2, -0.15) is 4.98 Å². The Morgan fingerprint density at radius 2 is 1.89 bits per heavy atom. The molecule has 0 radical (unpaired) electrons. The Balaban J connectivity index is 1.51. The minimum atomic E-state index is -0.408. The van der Waals surface area contributed by atoms with Crippen molar-refractivity contribution in [3.63, 3.8) is 0 Å². The van der Waals surface area contributed by atoms with E-state index in [-0.39, 0.29) is 5.91 Å². The summed E-state index contributed by atoms with van der Waals surface area (Å²) in [5.74, 6) is 2.38. The third-order valence-electron chi connectivity index (χ3n) is 4.90. The molecule has 0 bridgehead atoms. The number of nitrogens with zero attached hydrogens (tertiary/aromatic N) is 4. The van der Waals surface area contributed by atoms with Crippen LogP contribution in [-0.4, -0.2) is 65.2 Å². The highest BCUT2D eigenvalue weighted by molar-refractivity contribution is 5.81. The molecule has 0 saturated carbocycles. The topological polar surface area (TPSA) is 97.7 Å². The summed E-state index contributed by atoms with van der Waals surface area (Å²) in [7, 11) is 1.63. The van der Waals surface area contributed by atoms with Crippen LogP contribution in [0.25, 0.3) is 11.4 Å². The van der Waals surface area contributed by atoms with Gasteiger partial charge in [-0.25, -0.2) is 0 Å². The summed E-state index contributed by atoms with van der Waals surface area (Å²) in [5, 5.41) is 4.07. The van der Waals surface area contributed by atoms with E-state index in [9.17, 15) is 4.79 Å². The normalized spacial score (nSPS) is 16.4. The van der Waals surface area contributed by atoms with Gasteiger partial charge in [-0.3, -0.25) is 9.69 Å². The molecular formula is C20H29N5O3. The van der Waals surface area contributed by atoms with Crippen LogP contribution < -0.4 is 10.5 Å². The Labute approximate surface area is 165 Å². The van der Waals surface area contributed by atoms with Gasteiger partial charge in [-0.15, -0.1) is 0 Å². The van der Waals surface area contributed by atoms with E-state index in [4.69, 9.17) is 15.0 Å². The molecule has 1 saturated heterocycles. The number of carbonyl (C=O) groups is 1. The molecule has 1 amide bonds. The van der Waals surface area contributed by atoms with Crippen molar-refractivity contribution in [1.29, 1.82) is 0 Å². The van der Waals surface area contributed by atoms with E-state index < -0.39 is 6.04 Å². The molecule has 8 nitrogen and oxygen atoms in total. The molecule has 1 aliphatic heterocycles. The average Bonchev–Trinajstić information content (AvgIpc) is 3.16. The van der Waals surface area contributed by atoms with Crippen molar-refractivity contribution < 1.29 is 14.1 Å². The van der Waals surface area contributed by atoms with E-state index in [1.807, 2.05) is 29.2 Å². The zero-order chi connectivity index (χ0) is 20.1. The number of hydrogen-bond donors (Lipinski definition) is 1. The van der Waals surface area contributed by atoms with Crippen LogP contribution in [-0.2, 0) is 11.3 Å². The second-order valence-electron chi connectivity index (χ2n) is 7.58. The summed E-state index contributed by atoms with van der Waals surface area (Å²) in [6, 6.07) is 7.13. The summed E-state index contributed by atoms with van der Waals surface area (Å²) in [6.07, 6.45) is 0.717. The van der Waals surface area contributed by atoms with Crippen LogP contribution in [0.3, 0.4) is 0 Å². The maximum absolute atomic E-state index is 12.4. The Kier molecular flexibility index (Phi) is 6.64. The fourth-order valence-electron chi connectivity index (χ4n) is 3.34. The van der Waals surface area contributed by atoms with Crippen LogP contribution in [0.2, 0.25) is 0 Å². The number of carbonyl (C=O) groups excluding carboxylic acids is 1. The summed E-state index contributed by atoms with van der Waals surface area (Å²) in [5.41, 5.74) is 6.92. The molecule has 0 unspecified atom stereocenters. The maximum atomic E-state index is 12.4. The van der Waals surface area contributed by atoms with Gasteiger partial charge in [0.05, 0.1) is 19.7 Å². The standard InChI is InChI=1S/C20H29N5O3/c1-14(2)12-17(21)20(26)25-10-8-24(9-11-25)13-18-22-19(23-28-18)15-4-6-16(27-3)7-5-15/h4-7,14,17H,8-13,21H2,1-3H3/t17-/m0/s1. The fraction of sp³-hybridized carbons (Fsp3) is 0.550. The first kappa shape index (κ1) is 20.3. The van der Waals surface area contributed by atoms with Crippen molar-refractivity contribution in [2.24, 2.45) is 11.7 Å². The zero-order valence-electron chi connectivity index (χ0n) is 16.8. The van der Waals surface area contributed by atoms with Crippen LogP contribution in [0.1, 0.15) is 26.2 Å². The molecule has 3 rings (SSSR count). The number of piperazine rings is 1. The van der Waals surface area contributed by atoms with E-state index in [0.29, 0.717) is 37.3 Å². The highest BCUT2D eigenvalue weighted by Gasteiger charge is 2.26. The molecule has 1 atom stereocenters. The van der Waals surface area contributed by atoms with E-state index in [1.165, 1.54) is 0 Å². The SMILES string of the molecule is COc1ccc(-c2noc(CN3CCN(C(=O)[C@@H](N)CC(C)C)CC3)n2)cc1. The largest absolute Gasteiger partial charge is 0.497 e. The first-order chi connectivity index (χ1) is 13.5. The summed E-state index contributed by atoms with van der Waals surface area (Å²) in [6.45, 7) is 7.60. The Hall–Kier alpha value is -2.45. The van der Waals surface area contributed by atoms with Gasteiger partial charge >= 0.3 is 0 Å². The molecule has 0 spiro atoms. The average molecular weight is 387 g/mol. The summed E-state index contributed by atoms with van der Waals surface area (Å²) in [4.78, 5) is 21.0. The van der Waals surface area contributed by atoms with Crippen molar-refractivity contribution in [1.82, 2.24) is 19.9 Å². The Morgan fingerprint density at radius 1 is 1.21 bits per heavy atom. The van der Waals surface area contributed by atoms with Crippen molar-refractivity contribution >= 4 is 5.91 Å². The number of aromatic nitrogens is 2. The van der Waals surface area contributed by atoms with Gasteiger partial charge in [0, 0.05) is 31.7 Å². The van der Waals surface area contributed by atoms with Crippen LogP contribution >= 0.6 is 0 Å². The monoisotopic (exact) mass is 387 g/mol. The number of nitrogens with two attached hydrogens (primary N) is 1. The highest BCUT2D eigenvalue weighted by atomic mass is 16.5. The smallest absolute Gasteiger partial charge is 0.241 e. The number of methoxy groups -OCH3 is 1. The molecule has 1 aromatic carbocycles. The van der Waals surface area contributed by atoms with Crippen LogP contribution in [0.5, 0.6) is 5.75 Å². The lowest BCUT2D eigenvalue weighted by atomic mass is 10.0. The van der Waals surface area contributed by atoms with Gasteiger partial charge in [-0.1, -0.05) is 19.0 Å². The number of hydrogen-bond acceptors (Lipinski definition) is 7. The first-order valence-corrected chi connectivity index (χ1v) is 9.70. The molecule has 2 heterocycles. The summed E-state index contributed by atoms with van der Waals surface area (Å²) >= 11 is 0. The predicted octanol–water partition coefficient (Wildman–Crippen LogP) is 1.76. The molecule has 2 aromatic rings. The van der Waals surface area contributed by atoms with E-state index in [1.54, 1.807) is 7.11 Å². The molecule has 1 aromatic heterocycles. The van der Waals surface area contributed by atoms with E-state index in [0.717, 1.165) is 30.8 Å². The Bertz CT molecular complexity index is 766. The summed E-state index contributed by atoms with van der Waals surface area (Å²) < 4.78 is 10.6. The number of amides is 1. The molecule has 152 valence electrons. The Morgan fingerprint density at radius 3 is 2.50 bits per heavy atom. The molecule has 2 N–H and O–H groups in total. The molecule has 28 heavy (non-hydrogen) atoms. The quantitative estimate of drug-likeness (QED) is 0.773. The van der Waals surface area contributed by atoms with Crippen molar-refractivity contribution in [2.45, 2.75) is 32.9 Å². The van der Waals surface area contributed by atoms with Gasteiger partial charge in [0.25, 0.3) is 0 Å². The van der Waals surface area contributed by atoms with Crippen LogP contribution in [0, 0.1) is 5.92 Å². The molecule has 8 heteroatoms. The van der Waals surface area contributed by atoms with Crippen molar-refractivity contribution in [3.05, 3.63) is 30.2 Å². The van der Waals surface area contributed by atoms with Crippen LogP contribution in [0.15, 0.2) is 28.8 Å². The second kappa shape index (κ2) is 9.16. The van der Waals surface area contributed by atoms with Gasteiger partial charge in [0.2, 0.25) is 17.6 Å². The third kappa shape index (κ3) is 5.08. The number of benzene rings is 1. The fourth-order valence-corrected chi connectivity index (χ4v) is 3.34. The number of ether oxygens (including phenoxy) is 1. The highest BCUT2D eigenvalue weighted by Crippen LogP contribution is 2.20. The lowest BCUT2D eigenvalue weighted by Gasteiger charge is -2.35. The molecule has 1 fully saturated rings. The minimum absolute atomic E-state index is 0.0490. The lowest BCUT2D eigenvalue weighted by molar-refractivity contribution is -0.134. The molecular weight excluding hydrogens is 358 g/mol. The predicted molar refractivity (Wildman–Crippen MR) is 106 cm³/mol. The lowest BCUT2D eigenvalue weighted by Crippen LogP contribution is -2.53. The van der Waals surface area contributed by atoms with E-state index >= 15 is 0 Å². The van der Waals surface area contributed by atoms with Crippen LogP contribution in [0.4, 0.5) is 0 Å². The first-order valence-electron chi connectivity index (χ1n) is 9.70. The maximum Gasteiger partial charge on any atom is 0.241 e. The third-order valence-corrected chi connectivity index (χ3v) is 4.90. The minimum Gasteiger partial charge on any atom is -0.497 e. The molecule has 0 aliphatic carbocycles. The van der Waals surface area contributed by atoms with Gasteiger partial charge < -0.3 is 19.9 Å². The zero-order valence-corrected chi connectivity index (χ0v) is 16.8. The van der Waals surface area contributed by atoms with Gasteiger partial charge in [0.1, 0.15) is 5.75 Å².